The molecular formula is C44H50N4O11. The van der Waals surface area contributed by atoms with Gasteiger partial charge < -0.3 is 59.1 Å². The van der Waals surface area contributed by atoms with Crippen molar-refractivity contribution in [3.63, 3.8) is 0 Å². The summed E-state index contributed by atoms with van der Waals surface area (Å²) in [6.07, 6.45) is 1.09. The molecule has 312 valence electrons. The van der Waals surface area contributed by atoms with Gasteiger partial charge in [0.15, 0.2) is 23.6 Å². The van der Waals surface area contributed by atoms with Crippen LogP contribution in [0.2, 0.25) is 0 Å². The quantitative estimate of drug-likeness (QED) is 0.108. The Bertz CT molecular complexity index is 2400. The molecule has 4 N–H and O–H groups in total. The Hall–Kier alpha value is -4.54. The van der Waals surface area contributed by atoms with Gasteiger partial charge in [-0.1, -0.05) is 13.8 Å². The number of esters is 2. The molecule has 8 heterocycles. The molecule has 8 aliphatic heterocycles. The van der Waals surface area contributed by atoms with Gasteiger partial charge in [0.2, 0.25) is 5.75 Å². The van der Waals surface area contributed by atoms with Crippen molar-refractivity contribution in [2.24, 2.45) is 10.8 Å². The number of quaternary nitrogens is 1. The van der Waals surface area contributed by atoms with E-state index in [0.717, 1.165) is 48.4 Å². The second kappa shape index (κ2) is 11.2. The summed E-state index contributed by atoms with van der Waals surface area (Å²) in [5.41, 5.74) is 3.06. The highest BCUT2D eigenvalue weighted by atomic mass is 16.6. The number of hydrogen-bond donors (Lipinski definition) is 4. The molecule has 5 saturated heterocycles. The number of benzene rings is 2. The predicted octanol–water partition coefficient (Wildman–Crippen LogP) is 4.01. The van der Waals surface area contributed by atoms with E-state index in [9.17, 15) is 19.8 Å². The van der Waals surface area contributed by atoms with Crippen molar-refractivity contribution in [2.45, 2.75) is 106 Å². The molecule has 0 saturated carbocycles. The minimum absolute atomic E-state index is 0.0485. The number of piperidine rings is 2. The molecule has 15 heteroatoms. The number of phenols is 1. The van der Waals surface area contributed by atoms with Crippen molar-refractivity contribution in [1.82, 2.24) is 4.90 Å². The van der Waals surface area contributed by atoms with E-state index >= 15 is 5.21 Å². The molecule has 0 radical (unpaired) electrons. The lowest BCUT2D eigenvalue weighted by Gasteiger charge is -2.65. The number of anilines is 2. The number of methoxy groups -OCH3 is 4. The van der Waals surface area contributed by atoms with Crippen LogP contribution in [0.25, 0.3) is 0 Å². The first-order chi connectivity index (χ1) is 28.4. The fourth-order valence-corrected chi connectivity index (χ4v) is 15.2. The Kier molecular flexibility index (Phi) is 6.91. The number of aliphatic hydroxyl groups is 1. The van der Waals surface area contributed by atoms with Crippen LogP contribution >= 0.6 is 0 Å². The number of rotatable bonds is 6. The number of hydrogen-bond acceptors (Lipinski definition) is 14. The molecule has 12 atom stereocenters. The number of epoxide rings is 1. The van der Waals surface area contributed by atoms with Crippen LogP contribution in [0.4, 0.5) is 11.4 Å². The van der Waals surface area contributed by atoms with Crippen LogP contribution in [0, 0.1) is 16.0 Å². The highest BCUT2D eigenvalue weighted by Crippen LogP contribution is 2.74. The standard InChI is InChI=1S/C44H50N4O11/c1-7-41-16-20(37(51)56-5)34-44(23-14-25(49)30(54-3)31(55-4)28(23)46-34)10-12-48(53,40(41)44)29-19-13-22-24(15-26(19)58-32(29)35(41)50)45-33-21(38(52)57-6)17-42(8-2)36-27(59-36)18-47-11-9-43(22,33)39(42)47/h13-15,27,29,32,35-36,39-40,45-46,49-50H,7-12,16-18H2,1-6H3/t27-,29-,32+,35-,36-,39+,40+,41-,42-,43+,44+,48?/m1/s1. The number of hydroxylamine groups is 3. The Morgan fingerprint density at radius 2 is 1.63 bits per heavy atom. The molecule has 0 aromatic heterocycles. The average Bonchev–Trinajstić information content (AvgIpc) is 3.53. The minimum Gasteiger partial charge on any atom is -0.632 e. The fourth-order valence-electron chi connectivity index (χ4n) is 15.2. The van der Waals surface area contributed by atoms with Crippen molar-refractivity contribution in [3.05, 3.63) is 62.6 Å². The van der Waals surface area contributed by atoms with Crippen LogP contribution in [-0.4, -0.2) is 116 Å². The molecule has 10 aliphatic rings. The minimum atomic E-state index is -1.15. The lowest BCUT2D eigenvalue weighted by Crippen LogP contribution is -2.74. The second-order valence-corrected chi connectivity index (χ2v) is 18.7. The molecule has 2 aromatic carbocycles. The molecular weight excluding hydrogens is 761 g/mol. The lowest BCUT2D eigenvalue weighted by molar-refractivity contribution is -0.943. The molecule has 12 rings (SSSR count). The molecule has 0 bridgehead atoms. The van der Waals surface area contributed by atoms with Gasteiger partial charge in [-0.25, -0.2) is 9.59 Å². The van der Waals surface area contributed by atoms with E-state index in [4.69, 9.17) is 28.4 Å². The molecule has 2 aromatic rings. The van der Waals surface area contributed by atoms with Crippen LogP contribution in [0.5, 0.6) is 23.0 Å². The van der Waals surface area contributed by atoms with Gasteiger partial charge in [0.25, 0.3) is 0 Å². The van der Waals surface area contributed by atoms with E-state index in [1.165, 1.54) is 28.4 Å². The number of carbonyl (C=O) groups is 2. The number of aliphatic hydroxyl groups excluding tert-OH is 1. The fraction of sp³-hybridized carbons (Fsp3) is 0.591. The van der Waals surface area contributed by atoms with E-state index in [1.807, 2.05) is 13.0 Å². The van der Waals surface area contributed by atoms with Crippen LogP contribution in [-0.2, 0) is 34.6 Å². The summed E-state index contributed by atoms with van der Waals surface area (Å²) in [5, 5.41) is 48.3. The monoisotopic (exact) mass is 810 g/mol. The summed E-state index contributed by atoms with van der Waals surface area (Å²) in [7, 11) is 5.70. The van der Waals surface area contributed by atoms with Gasteiger partial charge in [-0.3, -0.25) is 4.90 Å². The SMILES string of the molecule is CC[C@@]12CC(C(=O)OC)=C3Nc4cc5c(cc4[C@@]34CCN(C[C@H]3O[C@H]31)[C@@H]24)[C@@H]1[C@H](O5)[C@@H](O)[C@@]2(CC)CC(C(=O)OC)=C3Nc4c(cc(O)c(OC)c4OC)[C@@]34CC[N+]1([O-])[C@@H]24. The van der Waals surface area contributed by atoms with Gasteiger partial charge in [0, 0.05) is 53.1 Å². The first-order valence-corrected chi connectivity index (χ1v) is 21.1. The molecule has 0 amide bonds. The van der Waals surface area contributed by atoms with Crippen LogP contribution in [0.1, 0.15) is 75.1 Å². The number of fused-ring (bicyclic) bond motifs is 8. The highest BCUT2D eigenvalue weighted by molar-refractivity contribution is 5.95. The topological polar surface area (TPSA) is 184 Å². The summed E-state index contributed by atoms with van der Waals surface area (Å²) in [4.78, 5) is 30.2. The van der Waals surface area contributed by atoms with E-state index in [-0.39, 0.29) is 59.8 Å². The van der Waals surface area contributed by atoms with Crippen LogP contribution < -0.4 is 24.8 Å². The largest absolute Gasteiger partial charge is 0.632 e. The summed E-state index contributed by atoms with van der Waals surface area (Å²) in [5.74, 6) is -0.129. The lowest BCUT2D eigenvalue weighted by atomic mass is 9.51. The summed E-state index contributed by atoms with van der Waals surface area (Å²) >= 11 is 0. The maximum Gasteiger partial charge on any atom is 0.335 e. The molecule has 5 fully saturated rings. The van der Waals surface area contributed by atoms with E-state index in [2.05, 4.69) is 28.5 Å². The number of aromatic hydroxyl groups is 1. The third kappa shape index (κ3) is 3.74. The van der Waals surface area contributed by atoms with Crippen LogP contribution in [0.3, 0.4) is 0 Å². The van der Waals surface area contributed by atoms with Crippen molar-refractivity contribution in [2.75, 3.05) is 58.7 Å². The first-order valence-electron chi connectivity index (χ1n) is 21.1. The van der Waals surface area contributed by atoms with Crippen molar-refractivity contribution in [3.8, 4) is 23.0 Å². The second-order valence-electron chi connectivity index (χ2n) is 18.7. The first kappa shape index (κ1) is 36.3. The summed E-state index contributed by atoms with van der Waals surface area (Å²) < 4.78 is 34.9. The van der Waals surface area contributed by atoms with Crippen molar-refractivity contribution < 1.29 is 52.9 Å². The smallest absolute Gasteiger partial charge is 0.335 e. The van der Waals surface area contributed by atoms with E-state index in [0.29, 0.717) is 53.1 Å². The average molecular weight is 811 g/mol. The number of carbonyl (C=O) groups excluding carboxylic acids is 2. The van der Waals surface area contributed by atoms with Gasteiger partial charge >= 0.3 is 11.9 Å². The number of ether oxygens (including phenoxy) is 6. The van der Waals surface area contributed by atoms with E-state index < -0.39 is 51.2 Å². The maximum absolute atomic E-state index is 16.7. The molecule has 1 unspecified atom stereocenters. The predicted molar refractivity (Wildman–Crippen MR) is 210 cm³/mol. The number of nitrogens with zero attached hydrogens (tertiary/aromatic N) is 2. The molecule has 59 heavy (non-hydrogen) atoms. The van der Waals surface area contributed by atoms with Gasteiger partial charge in [-0.15, -0.1) is 0 Å². The number of nitrogens with one attached hydrogen (secondary N) is 2. The summed E-state index contributed by atoms with van der Waals surface area (Å²) in [6.45, 7) is 6.01. The third-order valence-corrected chi connectivity index (χ3v) is 17.2. The normalized spacial score (nSPS) is 41.7. The van der Waals surface area contributed by atoms with Crippen LogP contribution in [0.15, 0.2) is 40.7 Å². The van der Waals surface area contributed by atoms with E-state index in [1.54, 1.807) is 6.07 Å². The Balaban J connectivity index is 1.07. The van der Waals surface area contributed by atoms with Crippen molar-refractivity contribution in [1.29, 1.82) is 0 Å². The van der Waals surface area contributed by atoms with Gasteiger partial charge in [0.1, 0.15) is 17.9 Å². The summed E-state index contributed by atoms with van der Waals surface area (Å²) in [6, 6.07) is 4.23. The zero-order chi connectivity index (χ0) is 40.9. The molecule has 15 nitrogen and oxygen atoms in total. The molecule has 2 aliphatic carbocycles. The zero-order valence-electron chi connectivity index (χ0n) is 34.1. The number of phenolic OH excluding ortho intramolecular Hbond substituents is 1. The maximum atomic E-state index is 16.7. The third-order valence-electron chi connectivity index (χ3n) is 17.2. The van der Waals surface area contributed by atoms with Gasteiger partial charge in [-0.05, 0) is 56.3 Å². The van der Waals surface area contributed by atoms with Gasteiger partial charge in [-0.2, -0.15) is 0 Å². The Labute approximate surface area is 341 Å². The molecule has 2 spiro atoms. The van der Waals surface area contributed by atoms with Crippen molar-refractivity contribution >= 4 is 23.3 Å². The van der Waals surface area contributed by atoms with Gasteiger partial charge in [0.05, 0.1) is 85.8 Å². The Morgan fingerprint density at radius 1 is 0.932 bits per heavy atom. The Morgan fingerprint density at radius 3 is 2.31 bits per heavy atom. The zero-order valence-corrected chi connectivity index (χ0v) is 34.1. The highest BCUT2D eigenvalue weighted by Gasteiger charge is 2.79.